The Morgan fingerprint density at radius 1 is 0.500 bits per heavy atom. The van der Waals surface area contributed by atoms with Gasteiger partial charge >= 0.3 is 0 Å². The minimum atomic E-state index is -0.0889. The van der Waals surface area contributed by atoms with Crippen LogP contribution in [0.2, 0.25) is 0 Å². The number of benzene rings is 8. The van der Waals surface area contributed by atoms with Crippen molar-refractivity contribution >= 4 is 50.0 Å². The first-order chi connectivity index (χ1) is 27.5. The number of para-hydroxylation sites is 3. The van der Waals surface area contributed by atoms with Crippen LogP contribution in [-0.4, -0.2) is 9.97 Å². The number of H-pyrrole nitrogens is 1. The van der Waals surface area contributed by atoms with E-state index < -0.39 is 0 Å². The second-order valence-electron chi connectivity index (χ2n) is 15.2. The first-order valence-electron chi connectivity index (χ1n) is 19.2. The highest BCUT2D eigenvalue weighted by atomic mass is 16.3. The van der Waals surface area contributed by atoms with E-state index >= 15 is 0 Å². The summed E-state index contributed by atoms with van der Waals surface area (Å²) in [5.41, 5.74) is 17.8. The van der Waals surface area contributed by atoms with E-state index in [2.05, 4.69) is 169 Å². The second kappa shape index (κ2) is 12.4. The topological polar surface area (TPSA) is 45.1 Å². The van der Waals surface area contributed by atoms with Crippen molar-refractivity contribution in [3.05, 3.63) is 193 Å². The molecule has 0 bridgehead atoms. The summed E-state index contributed by atoms with van der Waals surface area (Å²) in [7, 11) is 0. The van der Waals surface area contributed by atoms with Crippen LogP contribution in [0, 0.1) is 0 Å². The molecule has 4 heteroatoms. The maximum absolute atomic E-state index is 6.53. The van der Waals surface area contributed by atoms with Crippen LogP contribution in [0.5, 0.6) is 0 Å². The normalized spacial score (nSPS) is 13.0. The van der Waals surface area contributed by atoms with Crippen molar-refractivity contribution in [2.45, 2.75) is 19.3 Å². The van der Waals surface area contributed by atoms with Gasteiger partial charge in [-0.1, -0.05) is 135 Å². The SMILES string of the molecule is CC1(C)c2ccccc2-c2ccc(N(c3ccccc3)c3ccc(-c4ccc(-c5cccc6nc(-c7ccccc7)oc56)c5c4[nH]c4ccccc45)cc3)cc21. The molecular formula is C52H37N3O. The Morgan fingerprint density at radius 3 is 1.98 bits per heavy atom. The molecule has 266 valence electrons. The summed E-state index contributed by atoms with van der Waals surface area (Å²) in [4.78, 5) is 11.1. The fourth-order valence-electron chi connectivity index (χ4n) is 8.93. The first kappa shape index (κ1) is 32.3. The minimum Gasteiger partial charge on any atom is -0.435 e. The molecular weight excluding hydrogens is 683 g/mol. The van der Waals surface area contributed by atoms with E-state index in [1.807, 2.05) is 36.4 Å². The molecule has 0 aliphatic heterocycles. The van der Waals surface area contributed by atoms with E-state index in [1.165, 1.54) is 33.0 Å². The van der Waals surface area contributed by atoms with Crippen molar-refractivity contribution in [3.63, 3.8) is 0 Å². The number of nitrogens with zero attached hydrogens (tertiary/aromatic N) is 2. The molecule has 0 saturated carbocycles. The van der Waals surface area contributed by atoms with E-state index in [-0.39, 0.29) is 5.41 Å². The van der Waals surface area contributed by atoms with Gasteiger partial charge < -0.3 is 14.3 Å². The number of rotatable bonds is 6. The molecule has 0 saturated heterocycles. The fourth-order valence-corrected chi connectivity index (χ4v) is 8.93. The molecule has 2 heterocycles. The predicted molar refractivity (Wildman–Crippen MR) is 232 cm³/mol. The van der Waals surface area contributed by atoms with Crippen molar-refractivity contribution in [1.82, 2.24) is 9.97 Å². The zero-order chi connectivity index (χ0) is 37.4. The molecule has 0 spiro atoms. The highest BCUT2D eigenvalue weighted by molar-refractivity contribution is 6.19. The maximum Gasteiger partial charge on any atom is 0.227 e. The van der Waals surface area contributed by atoms with E-state index in [9.17, 15) is 0 Å². The molecule has 1 N–H and O–H groups in total. The van der Waals surface area contributed by atoms with Crippen LogP contribution in [0.1, 0.15) is 25.0 Å². The predicted octanol–water partition coefficient (Wildman–Crippen LogP) is 14.2. The average molecular weight is 720 g/mol. The Labute approximate surface area is 325 Å². The number of fused-ring (bicyclic) bond motifs is 7. The van der Waals surface area contributed by atoms with Gasteiger partial charge in [-0.2, -0.15) is 0 Å². The van der Waals surface area contributed by atoms with Crippen molar-refractivity contribution in [2.75, 3.05) is 4.90 Å². The van der Waals surface area contributed by atoms with Crippen LogP contribution >= 0.6 is 0 Å². The van der Waals surface area contributed by atoms with Gasteiger partial charge in [-0.25, -0.2) is 4.98 Å². The van der Waals surface area contributed by atoms with E-state index in [0.29, 0.717) is 5.89 Å². The molecule has 8 aromatic carbocycles. The maximum atomic E-state index is 6.53. The fraction of sp³-hybridized carbons (Fsp3) is 0.0577. The summed E-state index contributed by atoms with van der Waals surface area (Å²) in [6.45, 7) is 4.68. The summed E-state index contributed by atoms with van der Waals surface area (Å²) in [6, 6.07) is 64.8. The van der Waals surface area contributed by atoms with Gasteiger partial charge in [0.1, 0.15) is 5.52 Å². The number of aromatic amines is 1. The minimum absolute atomic E-state index is 0.0889. The van der Waals surface area contributed by atoms with Gasteiger partial charge in [0, 0.05) is 55.5 Å². The van der Waals surface area contributed by atoms with E-state index in [1.54, 1.807) is 0 Å². The molecule has 56 heavy (non-hydrogen) atoms. The largest absolute Gasteiger partial charge is 0.435 e. The number of anilines is 3. The Hall–Kier alpha value is -7.17. The summed E-state index contributed by atoms with van der Waals surface area (Å²) < 4.78 is 6.53. The van der Waals surface area contributed by atoms with Crippen LogP contribution in [0.15, 0.2) is 186 Å². The summed E-state index contributed by atoms with van der Waals surface area (Å²) in [6.07, 6.45) is 0. The summed E-state index contributed by atoms with van der Waals surface area (Å²) in [5, 5.41) is 2.34. The zero-order valence-corrected chi connectivity index (χ0v) is 31.1. The number of aromatic nitrogens is 2. The van der Waals surface area contributed by atoms with Crippen molar-refractivity contribution in [3.8, 4) is 44.8 Å². The van der Waals surface area contributed by atoms with Crippen LogP contribution in [0.3, 0.4) is 0 Å². The van der Waals surface area contributed by atoms with E-state index in [0.717, 1.165) is 67.0 Å². The third-order valence-electron chi connectivity index (χ3n) is 11.7. The van der Waals surface area contributed by atoms with Crippen LogP contribution < -0.4 is 4.90 Å². The highest BCUT2D eigenvalue weighted by Gasteiger charge is 2.35. The lowest BCUT2D eigenvalue weighted by Gasteiger charge is -2.28. The molecule has 0 fully saturated rings. The lowest BCUT2D eigenvalue weighted by molar-refractivity contribution is 0.621. The third kappa shape index (κ3) is 4.96. The molecule has 1 aliphatic rings. The lowest BCUT2D eigenvalue weighted by Crippen LogP contribution is -2.16. The molecule has 0 radical (unpaired) electrons. The molecule has 0 amide bonds. The number of nitrogens with one attached hydrogen (secondary N) is 1. The number of oxazole rings is 1. The molecule has 2 aromatic heterocycles. The third-order valence-corrected chi connectivity index (χ3v) is 11.7. The Balaban J connectivity index is 1.03. The van der Waals surface area contributed by atoms with Crippen molar-refractivity contribution < 1.29 is 4.42 Å². The van der Waals surface area contributed by atoms with Gasteiger partial charge in [0.25, 0.3) is 0 Å². The second-order valence-corrected chi connectivity index (χ2v) is 15.2. The molecule has 4 nitrogen and oxygen atoms in total. The van der Waals surface area contributed by atoms with Crippen molar-refractivity contribution in [1.29, 1.82) is 0 Å². The molecule has 0 unspecified atom stereocenters. The van der Waals surface area contributed by atoms with Crippen LogP contribution in [-0.2, 0) is 5.41 Å². The van der Waals surface area contributed by atoms with Crippen LogP contribution in [0.25, 0.3) is 77.7 Å². The van der Waals surface area contributed by atoms with Crippen molar-refractivity contribution in [2.24, 2.45) is 0 Å². The Morgan fingerprint density at radius 2 is 1.14 bits per heavy atom. The lowest BCUT2D eigenvalue weighted by atomic mass is 9.82. The van der Waals surface area contributed by atoms with Gasteiger partial charge in [-0.15, -0.1) is 0 Å². The number of hydrogen-bond acceptors (Lipinski definition) is 3. The molecule has 1 aliphatic carbocycles. The standard InChI is InChI=1S/C52H37N3O/c1-52(2)44-21-11-9-18-39(44)40-29-28-37(32-45(40)52)55(35-16-7-4-8-17-35)36-26-24-33(25-27-36)38-30-31-41(48-43-19-10-12-22-46(43)53-49(38)48)42-20-13-23-47-50(42)56-51(54-47)34-14-5-3-6-15-34/h3-32,53H,1-2H3. The Bertz CT molecular complexity index is 3100. The monoisotopic (exact) mass is 719 g/mol. The summed E-state index contributed by atoms with van der Waals surface area (Å²) >= 11 is 0. The Kier molecular flexibility index (Phi) is 7.17. The van der Waals surface area contributed by atoms with Gasteiger partial charge in [0.2, 0.25) is 5.89 Å². The summed E-state index contributed by atoms with van der Waals surface area (Å²) in [5.74, 6) is 0.623. The molecule has 10 aromatic rings. The van der Waals surface area contributed by atoms with Gasteiger partial charge in [-0.05, 0) is 94.0 Å². The molecule has 0 atom stereocenters. The van der Waals surface area contributed by atoms with E-state index in [4.69, 9.17) is 9.40 Å². The average Bonchev–Trinajstić information content (AvgIpc) is 3.93. The smallest absolute Gasteiger partial charge is 0.227 e. The number of hydrogen-bond donors (Lipinski definition) is 1. The van der Waals surface area contributed by atoms with Gasteiger partial charge in [0.15, 0.2) is 5.58 Å². The quantitative estimate of drug-likeness (QED) is 0.186. The van der Waals surface area contributed by atoms with Crippen LogP contribution in [0.4, 0.5) is 17.1 Å². The first-order valence-corrected chi connectivity index (χ1v) is 19.2. The van der Waals surface area contributed by atoms with Gasteiger partial charge in [-0.3, -0.25) is 0 Å². The highest BCUT2D eigenvalue weighted by Crippen LogP contribution is 2.51. The van der Waals surface area contributed by atoms with Gasteiger partial charge in [0.05, 0.1) is 5.52 Å². The zero-order valence-electron chi connectivity index (χ0n) is 31.1. The molecule has 11 rings (SSSR count).